The lowest BCUT2D eigenvalue weighted by atomic mass is 9.77. The molecule has 2 rings (SSSR count). The first-order valence-corrected chi connectivity index (χ1v) is 5.83. The van der Waals surface area contributed by atoms with Crippen molar-refractivity contribution < 1.29 is 14.3 Å². The largest absolute Gasteiger partial charge is 0.394 e. The summed E-state index contributed by atoms with van der Waals surface area (Å²) in [5, 5.41) is 12.0. The number of carbonyl (C=O) groups excluding carboxylic acids is 1. The minimum atomic E-state index is -0.651. The molecule has 5 heteroatoms. The Morgan fingerprint density at radius 1 is 1.53 bits per heavy atom. The van der Waals surface area contributed by atoms with Crippen LogP contribution in [-0.4, -0.2) is 23.2 Å². The van der Waals surface area contributed by atoms with E-state index in [0.29, 0.717) is 12.8 Å². The molecule has 92 valence electrons. The highest BCUT2D eigenvalue weighted by Gasteiger charge is 2.38. The number of rotatable bonds is 3. The number of nitrogens with one attached hydrogen (secondary N) is 1. The summed E-state index contributed by atoms with van der Waals surface area (Å²) in [5.41, 5.74) is -0.753. The Morgan fingerprint density at radius 2 is 2.24 bits per heavy atom. The van der Waals surface area contributed by atoms with Gasteiger partial charge < -0.3 is 10.4 Å². The van der Waals surface area contributed by atoms with Gasteiger partial charge in [-0.15, -0.1) is 0 Å². The van der Waals surface area contributed by atoms with Gasteiger partial charge in [0.05, 0.1) is 22.7 Å². The number of carbonyl (C=O) groups is 1. The van der Waals surface area contributed by atoms with E-state index < -0.39 is 17.3 Å². The first-order valence-electron chi connectivity index (χ1n) is 5.45. The molecule has 0 bridgehead atoms. The van der Waals surface area contributed by atoms with Gasteiger partial charge in [-0.25, -0.2) is 4.39 Å². The molecule has 0 aliphatic heterocycles. The summed E-state index contributed by atoms with van der Waals surface area (Å²) < 4.78 is 13.5. The van der Waals surface area contributed by atoms with E-state index in [2.05, 4.69) is 5.32 Å². The molecule has 1 fully saturated rings. The molecular weight excluding hydrogens is 245 g/mol. The fourth-order valence-corrected chi connectivity index (χ4v) is 2.19. The molecule has 0 spiro atoms. The van der Waals surface area contributed by atoms with Crippen LogP contribution in [0.5, 0.6) is 0 Å². The van der Waals surface area contributed by atoms with E-state index in [0.717, 1.165) is 6.42 Å². The molecule has 0 heterocycles. The van der Waals surface area contributed by atoms with Crippen LogP contribution in [0.3, 0.4) is 0 Å². The van der Waals surface area contributed by atoms with E-state index in [9.17, 15) is 14.3 Å². The second-order valence-electron chi connectivity index (χ2n) is 4.34. The summed E-state index contributed by atoms with van der Waals surface area (Å²) in [4.78, 5) is 11.9. The molecule has 1 aliphatic rings. The Balaban J connectivity index is 2.20. The van der Waals surface area contributed by atoms with Crippen molar-refractivity contribution in [3.05, 3.63) is 34.6 Å². The second-order valence-corrected chi connectivity index (χ2v) is 4.75. The SMILES string of the molecule is O=C(NC1(CO)CCC1)c1c(F)cccc1Cl. The quantitative estimate of drug-likeness (QED) is 0.872. The molecule has 17 heavy (non-hydrogen) atoms. The number of aliphatic hydroxyl groups is 1. The van der Waals surface area contributed by atoms with Gasteiger partial charge in [0, 0.05) is 0 Å². The number of hydrogen-bond acceptors (Lipinski definition) is 2. The predicted octanol–water partition coefficient (Wildman–Crippen LogP) is 2.12. The molecule has 0 unspecified atom stereocenters. The van der Waals surface area contributed by atoms with Gasteiger partial charge in [-0.05, 0) is 31.4 Å². The van der Waals surface area contributed by atoms with Crippen molar-refractivity contribution in [2.24, 2.45) is 0 Å². The third-order valence-electron chi connectivity index (χ3n) is 3.18. The van der Waals surface area contributed by atoms with E-state index >= 15 is 0 Å². The number of aliphatic hydroxyl groups excluding tert-OH is 1. The third kappa shape index (κ3) is 2.28. The molecular formula is C12H13ClFNO2. The normalized spacial score (nSPS) is 17.4. The zero-order chi connectivity index (χ0) is 12.5. The van der Waals surface area contributed by atoms with Gasteiger partial charge in [-0.3, -0.25) is 4.79 Å². The van der Waals surface area contributed by atoms with E-state index in [1.165, 1.54) is 18.2 Å². The van der Waals surface area contributed by atoms with Crippen LogP contribution >= 0.6 is 11.6 Å². The topological polar surface area (TPSA) is 49.3 Å². The van der Waals surface area contributed by atoms with Crippen LogP contribution in [0.25, 0.3) is 0 Å². The zero-order valence-electron chi connectivity index (χ0n) is 9.17. The zero-order valence-corrected chi connectivity index (χ0v) is 9.93. The summed E-state index contributed by atoms with van der Waals surface area (Å²) in [6, 6.07) is 4.10. The van der Waals surface area contributed by atoms with Crippen molar-refractivity contribution in [2.45, 2.75) is 24.8 Å². The molecule has 1 amide bonds. The van der Waals surface area contributed by atoms with Crippen molar-refractivity contribution in [1.29, 1.82) is 0 Å². The molecule has 0 radical (unpaired) electrons. The maximum absolute atomic E-state index is 13.5. The average Bonchev–Trinajstić information content (AvgIpc) is 2.23. The fourth-order valence-electron chi connectivity index (χ4n) is 1.94. The lowest BCUT2D eigenvalue weighted by Gasteiger charge is -2.41. The van der Waals surface area contributed by atoms with Crippen LogP contribution in [0.4, 0.5) is 4.39 Å². The Kier molecular flexibility index (Phi) is 3.35. The first-order chi connectivity index (χ1) is 8.08. The molecule has 1 aromatic carbocycles. The van der Waals surface area contributed by atoms with Crippen LogP contribution < -0.4 is 5.32 Å². The third-order valence-corrected chi connectivity index (χ3v) is 3.50. The van der Waals surface area contributed by atoms with Crippen molar-refractivity contribution in [3.63, 3.8) is 0 Å². The molecule has 2 N–H and O–H groups in total. The minimum Gasteiger partial charge on any atom is -0.394 e. The van der Waals surface area contributed by atoms with Gasteiger partial charge in [0.25, 0.3) is 5.91 Å². The molecule has 0 atom stereocenters. The highest BCUT2D eigenvalue weighted by atomic mass is 35.5. The van der Waals surface area contributed by atoms with Crippen molar-refractivity contribution in [3.8, 4) is 0 Å². The molecule has 1 aliphatic carbocycles. The highest BCUT2D eigenvalue weighted by Crippen LogP contribution is 2.32. The van der Waals surface area contributed by atoms with Crippen LogP contribution in [0.1, 0.15) is 29.6 Å². The lowest BCUT2D eigenvalue weighted by Crippen LogP contribution is -2.56. The van der Waals surface area contributed by atoms with E-state index in [4.69, 9.17) is 11.6 Å². The lowest BCUT2D eigenvalue weighted by molar-refractivity contribution is 0.0638. The van der Waals surface area contributed by atoms with Crippen LogP contribution in [0.2, 0.25) is 5.02 Å². The highest BCUT2D eigenvalue weighted by molar-refractivity contribution is 6.33. The maximum Gasteiger partial charge on any atom is 0.256 e. The van der Waals surface area contributed by atoms with Gasteiger partial charge in [-0.1, -0.05) is 17.7 Å². The van der Waals surface area contributed by atoms with Gasteiger partial charge >= 0.3 is 0 Å². The first kappa shape index (κ1) is 12.3. The van der Waals surface area contributed by atoms with E-state index in [-0.39, 0.29) is 17.2 Å². The average molecular weight is 258 g/mol. The number of hydrogen-bond donors (Lipinski definition) is 2. The van der Waals surface area contributed by atoms with Crippen molar-refractivity contribution in [2.75, 3.05) is 6.61 Å². The van der Waals surface area contributed by atoms with Gasteiger partial charge in [0.1, 0.15) is 5.82 Å². The van der Waals surface area contributed by atoms with E-state index in [1.54, 1.807) is 0 Å². The van der Waals surface area contributed by atoms with Crippen LogP contribution in [0, 0.1) is 5.82 Å². The Hall–Kier alpha value is -1.13. The molecule has 1 aromatic rings. The van der Waals surface area contributed by atoms with Gasteiger partial charge in [0.15, 0.2) is 0 Å². The molecule has 3 nitrogen and oxygen atoms in total. The second kappa shape index (κ2) is 4.63. The van der Waals surface area contributed by atoms with Crippen molar-refractivity contribution in [1.82, 2.24) is 5.32 Å². The van der Waals surface area contributed by atoms with Crippen molar-refractivity contribution >= 4 is 17.5 Å². The van der Waals surface area contributed by atoms with Crippen LogP contribution in [-0.2, 0) is 0 Å². The summed E-state index contributed by atoms with van der Waals surface area (Å²) in [5.74, 6) is -1.22. The number of amides is 1. The summed E-state index contributed by atoms with van der Waals surface area (Å²) in [6.45, 7) is -0.134. The molecule has 1 saturated carbocycles. The number of benzene rings is 1. The fraction of sp³-hybridized carbons (Fsp3) is 0.417. The van der Waals surface area contributed by atoms with Gasteiger partial charge in [-0.2, -0.15) is 0 Å². The smallest absolute Gasteiger partial charge is 0.256 e. The summed E-state index contributed by atoms with van der Waals surface area (Å²) in [6.07, 6.45) is 2.37. The standard InChI is InChI=1S/C12H13ClFNO2/c13-8-3-1-4-9(14)10(8)11(17)15-12(7-16)5-2-6-12/h1,3-4,16H,2,5-7H2,(H,15,17). The monoisotopic (exact) mass is 257 g/mol. The van der Waals surface area contributed by atoms with E-state index in [1.807, 2.05) is 0 Å². The minimum absolute atomic E-state index is 0.0786. The maximum atomic E-state index is 13.5. The molecule has 0 saturated heterocycles. The van der Waals surface area contributed by atoms with Gasteiger partial charge in [0.2, 0.25) is 0 Å². The predicted molar refractivity (Wildman–Crippen MR) is 62.5 cm³/mol. The summed E-state index contributed by atoms with van der Waals surface area (Å²) >= 11 is 5.79. The number of halogens is 2. The Bertz CT molecular complexity index is 420. The summed E-state index contributed by atoms with van der Waals surface area (Å²) in [7, 11) is 0. The van der Waals surface area contributed by atoms with Crippen LogP contribution in [0.15, 0.2) is 18.2 Å². The Labute approximate surface area is 104 Å². The molecule has 0 aromatic heterocycles. The Morgan fingerprint density at radius 3 is 2.71 bits per heavy atom.